The standard InChI is InChI=1S/C25H22/c1-2-8-21-17-18-24(25-12-7-6-11-23(21)25)22-15-13-20(14-16-22)19-9-4-3-5-10-19/h3-7,9-18H,2,8H2,1H3. The molecule has 0 aromatic heterocycles. The maximum atomic E-state index is 2.30. The molecule has 0 atom stereocenters. The molecule has 0 aliphatic carbocycles. The van der Waals surface area contributed by atoms with Gasteiger partial charge >= 0.3 is 0 Å². The molecule has 0 amide bonds. The van der Waals surface area contributed by atoms with Crippen LogP contribution in [-0.2, 0) is 6.42 Å². The van der Waals surface area contributed by atoms with Crippen LogP contribution in [-0.4, -0.2) is 0 Å². The molecule has 4 rings (SSSR count). The van der Waals surface area contributed by atoms with E-state index in [0.717, 1.165) is 6.42 Å². The van der Waals surface area contributed by atoms with Crippen molar-refractivity contribution in [1.82, 2.24) is 0 Å². The summed E-state index contributed by atoms with van der Waals surface area (Å²) in [6.45, 7) is 2.24. The lowest BCUT2D eigenvalue weighted by molar-refractivity contribution is 0.930. The van der Waals surface area contributed by atoms with Gasteiger partial charge in [0.15, 0.2) is 0 Å². The molecular weight excluding hydrogens is 300 g/mol. The van der Waals surface area contributed by atoms with E-state index in [1.165, 1.54) is 45.0 Å². The summed E-state index contributed by atoms with van der Waals surface area (Å²) in [6.07, 6.45) is 2.31. The monoisotopic (exact) mass is 322 g/mol. The quantitative estimate of drug-likeness (QED) is 0.375. The van der Waals surface area contributed by atoms with E-state index in [0.29, 0.717) is 0 Å². The first kappa shape index (κ1) is 15.7. The topological polar surface area (TPSA) is 0 Å². The van der Waals surface area contributed by atoms with Gasteiger partial charge in [0.1, 0.15) is 0 Å². The predicted octanol–water partition coefficient (Wildman–Crippen LogP) is 7.13. The molecule has 0 aliphatic heterocycles. The van der Waals surface area contributed by atoms with E-state index in [2.05, 4.69) is 97.9 Å². The average Bonchev–Trinajstić information content (AvgIpc) is 2.69. The first-order valence-electron chi connectivity index (χ1n) is 9.03. The number of hydrogen-bond acceptors (Lipinski definition) is 0. The molecule has 4 aromatic rings. The van der Waals surface area contributed by atoms with Gasteiger partial charge in [-0.2, -0.15) is 0 Å². The van der Waals surface area contributed by atoms with Crippen molar-refractivity contribution in [2.75, 3.05) is 0 Å². The first-order valence-corrected chi connectivity index (χ1v) is 9.03. The van der Waals surface area contributed by atoms with E-state index in [1.54, 1.807) is 0 Å². The number of fused-ring (bicyclic) bond motifs is 1. The van der Waals surface area contributed by atoms with Crippen molar-refractivity contribution in [2.24, 2.45) is 0 Å². The lowest BCUT2D eigenvalue weighted by atomic mass is 9.92. The molecule has 0 bridgehead atoms. The van der Waals surface area contributed by atoms with Crippen LogP contribution in [0, 0.1) is 0 Å². The van der Waals surface area contributed by atoms with Gasteiger partial charge in [-0.25, -0.2) is 0 Å². The van der Waals surface area contributed by atoms with Crippen LogP contribution in [0.5, 0.6) is 0 Å². The molecule has 0 unspecified atom stereocenters. The molecule has 25 heavy (non-hydrogen) atoms. The fourth-order valence-electron chi connectivity index (χ4n) is 3.57. The van der Waals surface area contributed by atoms with Gasteiger partial charge in [-0.3, -0.25) is 0 Å². The Labute approximate surface area is 149 Å². The first-order chi connectivity index (χ1) is 12.4. The molecule has 0 heterocycles. The second-order valence-corrected chi connectivity index (χ2v) is 6.51. The van der Waals surface area contributed by atoms with E-state index < -0.39 is 0 Å². The molecule has 4 aromatic carbocycles. The second-order valence-electron chi connectivity index (χ2n) is 6.51. The number of benzene rings is 4. The Balaban J connectivity index is 1.79. The average molecular weight is 322 g/mol. The fourth-order valence-corrected chi connectivity index (χ4v) is 3.57. The highest BCUT2D eigenvalue weighted by molar-refractivity contribution is 5.98. The Bertz CT molecular complexity index is 979. The van der Waals surface area contributed by atoms with Crippen molar-refractivity contribution in [3.8, 4) is 22.3 Å². The molecule has 0 saturated carbocycles. The van der Waals surface area contributed by atoms with Crippen LogP contribution in [0.1, 0.15) is 18.9 Å². The third kappa shape index (κ3) is 3.08. The van der Waals surface area contributed by atoms with Crippen molar-refractivity contribution in [2.45, 2.75) is 19.8 Å². The van der Waals surface area contributed by atoms with Crippen molar-refractivity contribution < 1.29 is 0 Å². The number of hydrogen-bond donors (Lipinski definition) is 0. The van der Waals surface area contributed by atoms with Gasteiger partial charge in [-0.05, 0) is 45.0 Å². The minimum absolute atomic E-state index is 1.13. The maximum Gasteiger partial charge on any atom is -0.0103 e. The normalized spacial score (nSPS) is 10.9. The molecule has 0 N–H and O–H groups in total. The SMILES string of the molecule is CCCc1ccc(-c2ccc(-c3ccccc3)cc2)c2ccccc12. The van der Waals surface area contributed by atoms with Gasteiger partial charge in [0.05, 0.1) is 0 Å². The summed E-state index contributed by atoms with van der Waals surface area (Å²) in [5.74, 6) is 0. The van der Waals surface area contributed by atoms with Gasteiger partial charge in [0.2, 0.25) is 0 Å². The summed E-state index contributed by atoms with van der Waals surface area (Å²) in [7, 11) is 0. The van der Waals surface area contributed by atoms with Gasteiger partial charge in [-0.1, -0.05) is 104 Å². The molecule has 0 fully saturated rings. The Kier molecular flexibility index (Phi) is 4.35. The van der Waals surface area contributed by atoms with Crippen LogP contribution in [0.3, 0.4) is 0 Å². The molecule has 0 nitrogen and oxygen atoms in total. The minimum Gasteiger partial charge on any atom is -0.0651 e. The van der Waals surface area contributed by atoms with E-state index in [-0.39, 0.29) is 0 Å². The molecule has 0 radical (unpaired) electrons. The van der Waals surface area contributed by atoms with E-state index in [4.69, 9.17) is 0 Å². The Morgan fingerprint density at radius 1 is 0.520 bits per heavy atom. The van der Waals surface area contributed by atoms with Crippen molar-refractivity contribution in [1.29, 1.82) is 0 Å². The largest absolute Gasteiger partial charge is 0.0651 e. The molecular formula is C25H22. The Hall–Kier alpha value is -2.86. The molecule has 0 heteroatoms. The summed E-state index contributed by atoms with van der Waals surface area (Å²) < 4.78 is 0. The van der Waals surface area contributed by atoms with E-state index >= 15 is 0 Å². The van der Waals surface area contributed by atoms with Crippen molar-refractivity contribution in [3.63, 3.8) is 0 Å². The van der Waals surface area contributed by atoms with Crippen LogP contribution in [0.15, 0.2) is 91.0 Å². The summed E-state index contributed by atoms with van der Waals surface area (Å²) >= 11 is 0. The fraction of sp³-hybridized carbons (Fsp3) is 0.120. The lowest BCUT2D eigenvalue weighted by Crippen LogP contribution is -1.89. The van der Waals surface area contributed by atoms with Crippen LogP contribution in [0.25, 0.3) is 33.0 Å². The van der Waals surface area contributed by atoms with Gasteiger partial charge in [0.25, 0.3) is 0 Å². The molecule has 122 valence electrons. The summed E-state index contributed by atoms with van der Waals surface area (Å²) in [4.78, 5) is 0. The number of rotatable bonds is 4. The number of aryl methyl sites for hydroxylation is 1. The summed E-state index contributed by atoms with van der Waals surface area (Å²) in [5.41, 5.74) is 6.56. The lowest BCUT2D eigenvalue weighted by Gasteiger charge is -2.12. The third-order valence-electron chi connectivity index (χ3n) is 4.84. The van der Waals surface area contributed by atoms with Crippen molar-refractivity contribution >= 4 is 10.8 Å². The molecule has 0 aliphatic rings. The highest BCUT2D eigenvalue weighted by Crippen LogP contribution is 2.32. The van der Waals surface area contributed by atoms with Crippen LogP contribution >= 0.6 is 0 Å². The molecule has 0 saturated heterocycles. The smallest absolute Gasteiger partial charge is 0.0103 e. The van der Waals surface area contributed by atoms with Gasteiger partial charge < -0.3 is 0 Å². The summed E-state index contributed by atoms with van der Waals surface area (Å²) in [5, 5.41) is 2.73. The molecule has 0 spiro atoms. The predicted molar refractivity (Wildman–Crippen MR) is 109 cm³/mol. The second kappa shape index (κ2) is 6.94. The van der Waals surface area contributed by atoms with Crippen LogP contribution in [0.2, 0.25) is 0 Å². The zero-order chi connectivity index (χ0) is 17.1. The summed E-state index contributed by atoms with van der Waals surface area (Å²) in [6, 6.07) is 32.8. The van der Waals surface area contributed by atoms with Crippen molar-refractivity contribution in [3.05, 3.63) is 96.6 Å². The van der Waals surface area contributed by atoms with Crippen LogP contribution < -0.4 is 0 Å². The van der Waals surface area contributed by atoms with Gasteiger partial charge in [-0.15, -0.1) is 0 Å². The van der Waals surface area contributed by atoms with E-state index in [9.17, 15) is 0 Å². The zero-order valence-corrected chi connectivity index (χ0v) is 14.6. The highest BCUT2D eigenvalue weighted by atomic mass is 14.1. The third-order valence-corrected chi connectivity index (χ3v) is 4.84. The zero-order valence-electron chi connectivity index (χ0n) is 14.6. The minimum atomic E-state index is 1.13. The Morgan fingerprint density at radius 3 is 1.84 bits per heavy atom. The highest BCUT2D eigenvalue weighted by Gasteiger charge is 2.07. The maximum absolute atomic E-state index is 2.30. The van der Waals surface area contributed by atoms with Crippen LogP contribution in [0.4, 0.5) is 0 Å². The van der Waals surface area contributed by atoms with E-state index in [1.807, 2.05) is 0 Å². The Morgan fingerprint density at radius 2 is 1.12 bits per heavy atom. The van der Waals surface area contributed by atoms with Gasteiger partial charge in [0, 0.05) is 0 Å².